The molecule has 31 heavy (non-hydrogen) atoms. The maximum atomic E-state index is 12.3. The van der Waals surface area contributed by atoms with Crippen LogP contribution in [0.5, 0.6) is 0 Å². The zero-order chi connectivity index (χ0) is 22.6. The highest BCUT2D eigenvalue weighted by Gasteiger charge is 2.26. The Labute approximate surface area is 190 Å². The van der Waals surface area contributed by atoms with Crippen LogP contribution in [0.1, 0.15) is 61.2 Å². The van der Waals surface area contributed by atoms with E-state index in [1.165, 1.54) is 0 Å². The van der Waals surface area contributed by atoms with Gasteiger partial charge in [0.05, 0.1) is 32.8 Å². The van der Waals surface area contributed by atoms with Gasteiger partial charge in [0.25, 0.3) is 0 Å². The van der Waals surface area contributed by atoms with Crippen molar-refractivity contribution in [3.8, 4) is 0 Å². The summed E-state index contributed by atoms with van der Waals surface area (Å²) >= 11 is 0. The molecule has 0 radical (unpaired) electrons. The highest BCUT2D eigenvalue weighted by Crippen LogP contribution is 2.24. The van der Waals surface area contributed by atoms with E-state index in [0.717, 1.165) is 57.8 Å². The maximum Gasteiger partial charge on any atom is 0.224 e. The van der Waals surface area contributed by atoms with Gasteiger partial charge in [-0.15, -0.1) is 0 Å². The summed E-state index contributed by atoms with van der Waals surface area (Å²) < 4.78 is 11.1. The number of hydrogen-bond acceptors (Lipinski definition) is 5. The Morgan fingerprint density at radius 2 is 1.52 bits per heavy atom. The molecule has 0 saturated carbocycles. The second kappa shape index (κ2) is 14.1. The molecule has 182 valence electrons. The lowest BCUT2D eigenvalue weighted by Crippen LogP contribution is -2.43. The molecule has 2 amide bonds. The first-order valence-corrected chi connectivity index (χ1v) is 12.3. The number of carbonyl (C=O) groups excluding carboxylic acids is 2. The molecule has 0 aromatic rings. The predicted molar refractivity (Wildman–Crippen MR) is 125 cm³/mol. The van der Waals surface area contributed by atoms with Crippen molar-refractivity contribution in [2.24, 2.45) is 17.8 Å². The lowest BCUT2D eigenvalue weighted by molar-refractivity contribution is -0.134. The standard InChI is InChI=1S/C24H45N3O4.H2/c1-19(2)21-5-13-27(14-6-21)23(28)9-15-30-17-18-31-16-10-25-24(29)22-7-11-26(12-8-22)20(3)4;/h19-22H,5-18H2,1-4H3,(H,25,29);1H. The normalized spacial score (nSPS) is 19.4. The fraction of sp³-hybridized carbons (Fsp3) is 0.917. The Morgan fingerprint density at radius 3 is 2.10 bits per heavy atom. The second-order valence-electron chi connectivity index (χ2n) is 9.63. The number of amides is 2. The van der Waals surface area contributed by atoms with Crippen LogP contribution in [0.25, 0.3) is 0 Å². The van der Waals surface area contributed by atoms with Gasteiger partial charge in [0.1, 0.15) is 0 Å². The summed E-state index contributed by atoms with van der Waals surface area (Å²) in [5.74, 6) is 1.94. The van der Waals surface area contributed by atoms with Gasteiger partial charge in [-0.05, 0) is 64.5 Å². The summed E-state index contributed by atoms with van der Waals surface area (Å²) in [4.78, 5) is 28.9. The lowest BCUT2D eigenvalue weighted by atomic mass is 9.86. The lowest BCUT2D eigenvalue weighted by Gasteiger charge is -2.34. The van der Waals surface area contributed by atoms with Crippen LogP contribution < -0.4 is 5.32 Å². The topological polar surface area (TPSA) is 71.1 Å². The first kappa shape index (κ1) is 26.1. The van der Waals surface area contributed by atoms with E-state index in [2.05, 4.69) is 37.9 Å². The third kappa shape index (κ3) is 9.46. The fourth-order valence-electron chi connectivity index (χ4n) is 4.52. The average Bonchev–Trinajstić information content (AvgIpc) is 2.77. The molecule has 0 aromatic heterocycles. The summed E-state index contributed by atoms with van der Waals surface area (Å²) in [5, 5.41) is 2.99. The average molecular weight is 442 g/mol. The molecule has 2 fully saturated rings. The van der Waals surface area contributed by atoms with E-state index in [-0.39, 0.29) is 19.2 Å². The minimum Gasteiger partial charge on any atom is -0.379 e. The number of nitrogens with one attached hydrogen (secondary N) is 1. The third-order valence-corrected chi connectivity index (χ3v) is 6.84. The molecular formula is C24H47N3O4. The van der Waals surface area contributed by atoms with Crippen molar-refractivity contribution in [1.82, 2.24) is 15.1 Å². The second-order valence-corrected chi connectivity index (χ2v) is 9.63. The van der Waals surface area contributed by atoms with Crippen molar-refractivity contribution in [2.45, 2.75) is 65.8 Å². The van der Waals surface area contributed by atoms with Crippen molar-refractivity contribution in [3.05, 3.63) is 0 Å². The van der Waals surface area contributed by atoms with Gasteiger partial charge in [0.2, 0.25) is 11.8 Å². The SMILES string of the molecule is CC(C)C1CCN(C(=O)CCOCCOCCNC(=O)C2CCN(C(C)C)CC2)CC1.[HH]. The van der Waals surface area contributed by atoms with Crippen LogP contribution >= 0.6 is 0 Å². The highest BCUT2D eigenvalue weighted by atomic mass is 16.5. The van der Waals surface area contributed by atoms with Gasteiger partial charge in [-0.1, -0.05) is 13.8 Å². The number of likely N-dealkylation sites (tertiary alicyclic amines) is 2. The molecule has 0 bridgehead atoms. The van der Waals surface area contributed by atoms with Gasteiger partial charge in [-0.2, -0.15) is 0 Å². The number of nitrogens with zero attached hydrogens (tertiary/aromatic N) is 2. The first-order chi connectivity index (χ1) is 14.9. The molecule has 7 nitrogen and oxygen atoms in total. The summed E-state index contributed by atoms with van der Waals surface area (Å²) in [5.41, 5.74) is 0. The van der Waals surface area contributed by atoms with Gasteiger partial charge < -0.3 is 24.6 Å². The van der Waals surface area contributed by atoms with Crippen molar-refractivity contribution in [2.75, 3.05) is 59.2 Å². The molecule has 0 atom stereocenters. The van der Waals surface area contributed by atoms with Crippen molar-refractivity contribution >= 4 is 11.8 Å². The zero-order valence-electron chi connectivity index (χ0n) is 20.2. The van der Waals surface area contributed by atoms with Crippen molar-refractivity contribution in [3.63, 3.8) is 0 Å². The van der Waals surface area contributed by atoms with E-state index in [0.29, 0.717) is 51.4 Å². The largest absolute Gasteiger partial charge is 0.379 e. The molecule has 0 aliphatic carbocycles. The van der Waals surface area contributed by atoms with Gasteiger partial charge in [0, 0.05) is 33.0 Å². The Bertz CT molecular complexity index is 485. The number of hydrogen-bond donors (Lipinski definition) is 1. The molecule has 0 aromatic carbocycles. The van der Waals surface area contributed by atoms with Gasteiger partial charge in [-0.25, -0.2) is 0 Å². The van der Waals surface area contributed by atoms with Crippen LogP contribution in [0, 0.1) is 17.8 Å². The van der Waals surface area contributed by atoms with Gasteiger partial charge >= 0.3 is 0 Å². The van der Waals surface area contributed by atoms with E-state index in [1.807, 2.05) is 4.90 Å². The number of ether oxygens (including phenoxy) is 2. The molecule has 0 unspecified atom stereocenters. The van der Waals surface area contributed by atoms with Crippen LogP contribution in [-0.4, -0.2) is 86.8 Å². The van der Waals surface area contributed by atoms with E-state index < -0.39 is 0 Å². The Morgan fingerprint density at radius 1 is 0.903 bits per heavy atom. The zero-order valence-corrected chi connectivity index (χ0v) is 20.2. The van der Waals surface area contributed by atoms with E-state index in [9.17, 15) is 9.59 Å². The highest BCUT2D eigenvalue weighted by molar-refractivity contribution is 5.78. The first-order valence-electron chi connectivity index (χ1n) is 12.3. The Kier molecular flexibility index (Phi) is 11.8. The molecule has 1 N–H and O–H groups in total. The van der Waals surface area contributed by atoms with Crippen LogP contribution in [0.15, 0.2) is 0 Å². The molecule has 0 spiro atoms. The van der Waals surface area contributed by atoms with E-state index in [1.54, 1.807) is 0 Å². The fourth-order valence-corrected chi connectivity index (χ4v) is 4.52. The molecular weight excluding hydrogens is 394 g/mol. The number of rotatable bonds is 12. The van der Waals surface area contributed by atoms with Crippen LogP contribution in [0.2, 0.25) is 0 Å². The third-order valence-electron chi connectivity index (χ3n) is 6.84. The Hall–Kier alpha value is -1.18. The molecule has 2 rings (SSSR count). The summed E-state index contributed by atoms with van der Waals surface area (Å²) in [7, 11) is 0. The summed E-state index contributed by atoms with van der Waals surface area (Å²) in [6.07, 6.45) is 4.55. The van der Waals surface area contributed by atoms with Gasteiger partial charge in [0.15, 0.2) is 0 Å². The molecule has 2 saturated heterocycles. The monoisotopic (exact) mass is 441 g/mol. The van der Waals surface area contributed by atoms with Crippen LogP contribution in [0.3, 0.4) is 0 Å². The van der Waals surface area contributed by atoms with E-state index >= 15 is 0 Å². The minimum absolute atomic E-state index is 0. The van der Waals surface area contributed by atoms with Crippen LogP contribution in [-0.2, 0) is 19.1 Å². The quantitative estimate of drug-likeness (QED) is 0.472. The molecule has 2 heterocycles. The predicted octanol–water partition coefficient (Wildman–Crippen LogP) is 2.79. The summed E-state index contributed by atoms with van der Waals surface area (Å²) in [6.45, 7) is 15.1. The molecule has 2 aliphatic heterocycles. The number of piperidine rings is 2. The smallest absolute Gasteiger partial charge is 0.224 e. The van der Waals surface area contributed by atoms with E-state index in [4.69, 9.17) is 9.47 Å². The Balaban J connectivity index is 0.00000512. The summed E-state index contributed by atoms with van der Waals surface area (Å²) in [6, 6.07) is 0.556. The maximum absolute atomic E-state index is 12.3. The van der Waals surface area contributed by atoms with Crippen molar-refractivity contribution < 1.29 is 20.5 Å². The number of carbonyl (C=O) groups is 2. The molecule has 7 heteroatoms. The van der Waals surface area contributed by atoms with Crippen LogP contribution in [0.4, 0.5) is 0 Å². The van der Waals surface area contributed by atoms with Crippen molar-refractivity contribution in [1.29, 1.82) is 0 Å². The minimum atomic E-state index is 0. The van der Waals surface area contributed by atoms with Gasteiger partial charge in [-0.3, -0.25) is 9.59 Å². The molecule has 2 aliphatic rings.